The van der Waals surface area contributed by atoms with Crippen LogP contribution >= 0.6 is 11.3 Å². The predicted octanol–water partition coefficient (Wildman–Crippen LogP) is 3.37. The highest BCUT2D eigenvalue weighted by Crippen LogP contribution is 2.38. The van der Waals surface area contributed by atoms with Crippen LogP contribution in [-0.4, -0.2) is 26.0 Å². The number of rotatable bonds is 4. The summed E-state index contributed by atoms with van der Waals surface area (Å²) in [6.45, 7) is 0. The zero-order valence-corrected chi connectivity index (χ0v) is 13.2. The molecule has 117 valence electrons. The number of hydrogen-bond donors (Lipinski definition) is 0. The van der Waals surface area contributed by atoms with Gasteiger partial charge in [0.15, 0.2) is 0 Å². The van der Waals surface area contributed by atoms with Crippen molar-refractivity contribution in [3.63, 3.8) is 0 Å². The van der Waals surface area contributed by atoms with E-state index in [9.17, 15) is 4.39 Å². The highest BCUT2D eigenvalue weighted by atomic mass is 32.1. The fourth-order valence-electron chi connectivity index (χ4n) is 2.22. The van der Waals surface area contributed by atoms with Crippen LogP contribution < -0.4 is 0 Å². The van der Waals surface area contributed by atoms with Crippen LogP contribution in [0.25, 0.3) is 5.00 Å². The van der Waals surface area contributed by atoms with E-state index in [4.69, 9.17) is 0 Å². The van der Waals surface area contributed by atoms with Gasteiger partial charge in [-0.1, -0.05) is 23.5 Å². The van der Waals surface area contributed by atoms with Crippen LogP contribution in [0.1, 0.15) is 11.3 Å². The zero-order valence-electron chi connectivity index (χ0n) is 12.4. The number of thiazole rings is 1. The molecule has 1 aliphatic rings. The predicted molar refractivity (Wildman–Crippen MR) is 90.2 cm³/mol. The van der Waals surface area contributed by atoms with Crippen molar-refractivity contribution >= 4 is 22.7 Å². The summed E-state index contributed by atoms with van der Waals surface area (Å²) in [7, 11) is 0. The molecule has 5 nitrogen and oxygen atoms in total. The van der Waals surface area contributed by atoms with Crippen LogP contribution in [0.2, 0.25) is 0 Å². The van der Waals surface area contributed by atoms with Gasteiger partial charge in [0.1, 0.15) is 23.5 Å². The normalized spacial score (nSPS) is 15.5. The largest absolute Gasteiger partial charge is 0.227 e. The Bertz CT molecular complexity index is 833. The molecule has 3 aromatic rings. The minimum Gasteiger partial charge on any atom is -0.227 e. The number of halogens is 1. The molecule has 0 atom stereocenters. The van der Waals surface area contributed by atoms with Crippen molar-refractivity contribution in [2.45, 2.75) is 0 Å². The molecule has 0 bridgehead atoms. The van der Waals surface area contributed by atoms with Gasteiger partial charge in [-0.05, 0) is 43.4 Å². The van der Waals surface area contributed by atoms with E-state index in [2.05, 4.69) is 20.1 Å². The average Bonchev–Trinajstić information content (AvgIpc) is 3.33. The summed E-state index contributed by atoms with van der Waals surface area (Å²) in [5, 5.41) is 5.63. The molecule has 2 heterocycles. The molecule has 1 aliphatic carbocycles. The van der Waals surface area contributed by atoms with Crippen molar-refractivity contribution in [1.82, 2.24) is 19.7 Å². The van der Waals surface area contributed by atoms with E-state index in [1.807, 2.05) is 25.7 Å². The Labute approximate surface area is 142 Å². The second-order valence-electron chi connectivity index (χ2n) is 4.97. The Balaban J connectivity index is 1.66. The second-order valence-corrected chi connectivity index (χ2v) is 5.93. The van der Waals surface area contributed by atoms with E-state index in [0.29, 0.717) is 5.13 Å². The molecule has 1 saturated carbocycles. The molecule has 0 N–H and O–H groups in total. The summed E-state index contributed by atoms with van der Waals surface area (Å²) in [5.74, 6) is 0.730. The van der Waals surface area contributed by atoms with E-state index < -0.39 is 0 Å². The van der Waals surface area contributed by atoms with Gasteiger partial charge in [0.05, 0.1) is 5.69 Å². The van der Waals surface area contributed by atoms with E-state index in [-0.39, 0.29) is 5.82 Å². The molecule has 0 spiro atoms. The summed E-state index contributed by atoms with van der Waals surface area (Å²) in [4.78, 5) is 13.0. The highest BCUT2D eigenvalue weighted by Gasteiger charge is 2.26. The van der Waals surface area contributed by atoms with Gasteiger partial charge < -0.3 is 0 Å². The van der Waals surface area contributed by atoms with Crippen LogP contribution in [0.15, 0.2) is 41.9 Å². The SMILES string of the molecule is Fc1ccc(/C=N/c2nc([C]3[CH][CH][CH][CH]3)c(-n3cncn3)s2)cc1. The molecule has 5 radical (unpaired) electrons. The maximum absolute atomic E-state index is 12.9. The van der Waals surface area contributed by atoms with Crippen LogP contribution in [0.4, 0.5) is 9.52 Å². The summed E-state index contributed by atoms with van der Waals surface area (Å²) in [6.07, 6.45) is 12.7. The molecule has 0 saturated heterocycles. The Morgan fingerprint density at radius 3 is 2.62 bits per heavy atom. The monoisotopic (exact) mass is 336 g/mol. The van der Waals surface area contributed by atoms with Gasteiger partial charge >= 0.3 is 0 Å². The maximum atomic E-state index is 12.9. The van der Waals surface area contributed by atoms with Crippen LogP contribution in [0.3, 0.4) is 0 Å². The lowest BCUT2D eigenvalue weighted by atomic mass is 10.1. The molecule has 2 aromatic heterocycles. The van der Waals surface area contributed by atoms with Gasteiger partial charge in [-0.25, -0.2) is 24.0 Å². The third kappa shape index (κ3) is 3.12. The third-order valence-electron chi connectivity index (χ3n) is 3.35. The summed E-state index contributed by atoms with van der Waals surface area (Å²) >= 11 is 1.42. The first-order chi connectivity index (χ1) is 11.8. The minimum absolute atomic E-state index is 0.270. The third-order valence-corrected chi connectivity index (χ3v) is 4.31. The van der Waals surface area contributed by atoms with Crippen LogP contribution in [-0.2, 0) is 0 Å². The number of hydrogen-bond acceptors (Lipinski definition) is 5. The lowest BCUT2D eigenvalue weighted by Gasteiger charge is -2.06. The van der Waals surface area contributed by atoms with Gasteiger partial charge in [0.25, 0.3) is 0 Å². The molecule has 0 unspecified atom stereocenters. The lowest BCUT2D eigenvalue weighted by molar-refractivity contribution is 0.628. The number of aromatic nitrogens is 4. The first kappa shape index (κ1) is 15.1. The minimum atomic E-state index is -0.270. The van der Waals surface area contributed by atoms with Crippen molar-refractivity contribution in [1.29, 1.82) is 0 Å². The Morgan fingerprint density at radius 1 is 1.12 bits per heavy atom. The second kappa shape index (κ2) is 6.60. The Kier molecular flexibility index (Phi) is 4.17. The molecule has 1 aromatic carbocycles. The molecular formula is C17H11FN5S. The van der Waals surface area contributed by atoms with Crippen molar-refractivity contribution in [2.24, 2.45) is 4.99 Å². The molecule has 0 aliphatic heterocycles. The van der Waals surface area contributed by atoms with Crippen molar-refractivity contribution in [3.8, 4) is 5.00 Å². The van der Waals surface area contributed by atoms with E-state index in [1.165, 1.54) is 29.8 Å². The van der Waals surface area contributed by atoms with E-state index in [1.54, 1.807) is 29.4 Å². The first-order valence-electron chi connectivity index (χ1n) is 7.17. The number of benzene rings is 1. The first-order valence-corrected chi connectivity index (χ1v) is 7.99. The Hall–Kier alpha value is -2.41. The highest BCUT2D eigenvalue weighted by molar-refractivity contribution is 7.18. The molecule has 7 heteroatoms. The summed E-state index contributed by atoms with van der Waals surface area (Å²) in [6, 6.07) is 6.14. The fraction of sp³-hybridized carbons (Fsp3) is 0. The van der Waals surface area contributed by atoms with Crippen LogP contribution in [0.5, 0.6) is 0 Å². The van der Waals surface area contributed by atoms with Crippen molar-refractivity contribution in [2.75, 3.05) is 0 Å². The zero-order chi connectivity index (χ0) is 16.4. The Morgan fingerprint density at radius 2 is 1.92 bits per heavy atom. The topological polar surface area (TPSA) is 56.0 Å². The van der Waals surface area contributed by atoms with Crippen LogP contribution in [0, 0.1) is 37.4 Å². The molecule has 1 fully saturated rings. The summed E-state index contributed by atoms with van der Waals surface area (Å²) in [5.41, 5.74) is 1.62. The molecule has 4 rings (SSSR count). The summed E-state index contributed by atoms with van der Waals surface area (Å²) < 4.78 is 14.6. The van der Waals surface area contributed by atoms with Gasteiger partial charge in [-0.15, -0.1) is 0 Å². The van der Waals surface area contributed by atoms with E-state index >= 15 is 0 Å². The van der Waals surface area contributed by atoms with Gasteiger partial charge in [-0.3, -0.25) is 0 Å². The maximum Gasteiger partial charge on any atom is 0.211 e. The molecule has 24 heavy (non-hydrogen) atoms. The van der Waals surface area contributed by atoms with Crippen molar-refractivity contribution < 1.29 is 4.39 Å². The van der Waals surface area contributed by atoms with E-state index in [0.717, 1.165) is 22.2 Å². The standard InChI is InChI=1S/C17H11FN5S/c18-14-7-5-12(6-8-14)9-20-17-22-15(13-3-1-2-4-13)16(24-17)23-11-19-10-21-23/h1-11H/b20-9+. The molecular weight excluding hydrogens is 325 g/mol. The van der Waals surface area contributed by atoms with Gasteiger partial charge in [0, 0.05) is 12.1 Å². The lowest BCUT2D eigenvalue weighted by Crippen LogP contribution is -2.02. The quantitative estimate of drug-likeness (QED) is 0.687. The number of nitrogens with zero attached hydrogens (tertiary/aromatic N) is 5. The smallest absolute Gasteiger partial charge is 0.211 e. The number of aliphatic imine (C=N–C) groups is 1. The average molecular weight is 336 g/mol. The van der Waals surface area contributed by atoms with Gasteiger partial charge in [0.2, 0.25) is 5.13 Å². The fourth-order valence-corrected chi connectivity index (χ4v) is 3.09. The molecule has 0 amide bonds. The van der Waals surface area contributed by atoms with Crippen molar-refractivity contribution in [3.05, 3.63) is 85.6 Å². The van der Waals surface area contributed by atoms with Gasteiger partial charge in [-0.2, -0.15) is 5.10 Å².